The predicted octanol–water partition coefficient (Wildman–Crippen LogP) is 2.58. The highest BCUT2D eigenvalue weighted by Gasteiger charge is 2.39. The second kappa shape index (κ2) is 4.16. The van der Waals surface area contributed by atoms with Crippen molar-refractivity contribution in [1.82, 2.24) is 0 Å². The number of amides is 1. The molecule has 3 nitrogen and oxygen atoms in total. The van der Waals surface area contributed by atoms with Crippen molar-refractivity contribution in [3.63, 3.8) is 0 Å². The molecule has 1 aliphatic rings. The highest BCUT2D eigenvalue weighted by Crippen LogP contribution is 2.45. The Labute approximate surface area is 110 Å². The third kappa shape index (κ3) is 2.03. The lowest BCUT2D eigenvalue weighted by Gasteiger charge is -2.20. The van der Waals surface area contributed by atoms with Gasteiger partial charge in [-0.2, -0.15) is 0 Å². The van der Waals surface area contributed by atoms with Crippen molar-refractivity contribution in [3.05, 3.63) is 27.7 Å². The first-order valence-corrected chi connectivity index (χ1v) is 6.12. The molecule has 0 unspecified atom stereocenters. The fourth-order valence-electron chi connectivity index (χ4n) is 2.24. The summed E-state index contributed by atoms with van der Waals surface area (Å²) in [6, 6.07) is 3.52. The maximum atomic E-state index is 11.8. The van der Waals surface area contributed by atoms with Gasteiger partial charge in [0.2, 0.25) is 5.91 Å². The second-order valence-corrected chi connectivity index (χ2v) is 5.70. The second-order valence-electron chi connectivity index (χ2n) is 4.85. The predicted molar refractivity (Wildman–Crippen MR) is 70.9 cm³/mol. The van der Waals surface area contributed by atoms with Crippen molar-refractivity contribution in [1.29, 1.82) is 0 Å². The van der Waals surface area contributed by atoms with Crippen LogP contribution < -0.4 is 10.6 Å². The van der Waals surface area contributed by atoms with Gasteiger partial charge >= 0.3 is 0 Å². The molecule has 1 aromatic carbocycles. The molecular formula is C12H14Cl2N2O. The summed E-state index contributed by atoms with van der Waals surface area (Å²) in [4.78, 5) is 13.5. The average molecular weight is 273 g/mol. The van der Waals surface area contributed by atoms with Gasteiger partial charge in [-0.15, -0.1) is 0 Å². The van der Waals surface area contributed by atoms with Crippen LogP contribution in [-0.2, 0) is 10.2 Å². The SMILES string of the molecule is CC1(C)CN(C(=O)CN)c2c(Cl)cc(Cl)cc21. The Balaban J connectivity index is 2.61. The molecular weight excluding hydrogens is 259 g/mol. The summed E-state index contributed by atoms with van der Waals surface area (Å²) in [6.07, 6.45) is 0. The van der Waals surface area contributed by atoms with E-state index in [-0.39, 0.29) is 17.9 Å². The molecule has 0 fully saturated rings. The molecule has 1 aromatic rings. The number of hydrogen-bond acceptors (Lipinski definition) is 2. The molecule has 0 radical (unpaired) electrons. The largest absolute Gasteiger partial charge is 0.322 e. The monoisotopic (exact) mass is 272 g/mol. The van der Waals surface area contributed by atoms with Crippen LogP contribution in [0.2, 0.25) is 10.0 Å². The standard InChI is InChI=1S/C12H14Cl2N2O/c1-12(2)6-16(10(17)5-15)11-8(12)3-7(13)4-9(11)14/h3-4H,5-6,15H2,1-2H3. The van der Waals surface area contributed by atoms with E-state index in [2.05, 4.69) is 13.8 Å². The molecule has 2 rings (SSSR count). The summed E-state index contributed by atoms with van der Waals surface area (Å²) in [7, 11) is 0. The zero-order valence-electron chi connectivity index (χ0n) is 9.76. The van der Waals surface area contributed by atoms with Gasteiger partial charge in [0, 0.05) is 17.0 Å². The van der Waals surface area contributed by atoms with E-state index in [0.29, 0.717) is 16.6 Å². The van der Waals surface area contributed by atoms with Crippen LogP contribution in [0.4, 0.5) is 5.69 Å². The Morgan fingerprint density at radius 2 is 2.12 bits per heavy atom. The molecule has 17 heavy (non-hydrogen) atoms. The first-order valence-electron chi connectivity index (χ1n) is 5.37. The molecule has 1 amide bonds. The van der Waals surface area contributed by atoms with Gasteiger partial charge in [-0.1, -0.05) is 37.0 Å². The van der Waals surface area contributed by atoms with Crippen molar-refractivity contribution < 1.29 is 4.79 Å². The lowest BCUT2D eigenvalue weighted by atomic mass is 9.87. The van der Waals surface area contributed by atoms with Gasteiger partial charge in [-0.25, -0.2) is 0 Å². The van der Waals surface area contributed by atoms with Gasteiger partial charge in [0.15, 0.2) is 0 Å². The zero-order chi connectivity index (χ0) is 12.8. The molecule has 5 heteroatoms. The number of carbonyl (C=O) groups excluding carboxylic acids is 1. The van der Waals surface area contributed by atoms with E-state index < -0.39 is 0 Å². The molecule has 0 saturated carbocycles. The molecule has 0 saturated heterocycles. The number of halogens is 2. The van der Waals surface area contributed by atoms with E-state index in [4.69, 9.17) is 28.9 Å². The van der Waals surface area contributed by atoms with Gasteiger partial charge in [-0.05, 0) is 17.7 Å². The van der Waals surface area contributed by atoms with Gasteiger partial charge in [0.05, 0.1) is 17.3 Å². The Hall–Kier alpha value is -0.770. The maximum Gasteiger partial charge on any atom is 0.240 e. The number of hydrogen-bond donors (Lipinski definition) is 1. The van der Waals surface area contributed by atoms with Crippen molar-refractivity contribution in [2.24, 2.45) is 5.73 Å². The fourth-order valence-corrected chi connectivity index (χ4v) is 2.83. The Kier molecular flexibility index (Phi) is 3.10. The molecule has 1 aliphatic heterocycles. The fraction of sp³-hybridized carbons (Fsp3) is 0.417. The number of fused-ring (bicyclic) bond motifs is 1. The van der Waals surface area contributed by atoms with Crippen LogP contribution in [0, 0.1) is 0 Å². The highest BCUT2D eigenvalue weighted by atomic mass is 35.5. The molecule has 0 aliphatic carbocycles. The summed E-state index contributed by atoms with van der Waals surface area (Å²) in [6.45, 7) is 4.68. The third-order valence-corrected chi connectivity index (χ3v) is 3.56. The first kappa shape index (κ1) is 12.7. The first-order chi connectivity index (χ1) is 7.86. The Morgan fingerprint density at radius 3 is 2.71 bits per heavy atom. The van der Waals surface area contributed by atoms with E-state index in [9.17, 15) is 4.79 Å². The minimum Gasteiger partial charge on any atom is -0.322 e. The summed E-state index contributed by atoms with van der Waals surface area (Å²) in [5.41, 5.74) is 7.00. The van der Waals surface area contributed by atoms with Gasteiger partial charge in [-0.3, -0.25) is 4.79 Å². The topological polar surface area (TPSA) is 46.3 Å². The molecule has 0 atom stereocenters. The molecule has 2 N–H and O–H groups in total. The van der Waals surface area contributed by atoms with Crippen LogP contribution >= 0.6 is 23.2 Å². The number of nitrogens with two attached hydrogens (primary N) is 1. The van der Waals surface area contributed by atoms with Crippen LogP contribution in [0.25, 0.3) is 0 Å². The Morgan fingerprint density at radius 1 is 1.47 bits per heavy atom. The normalized spacial score (nSPS) is 17.1. The van der Waals surface area contributed by atoms with Crippen LogP contribution in [0.15, 0.2) is 12.1 Å². The number of carbonyl (C=O) groups is 1. The van der Waals surface area contributed by atoms with E-state index in [1.165, 1.54) is 0 Å². The quantitative estimate of drug-likeness (QED) is 0.854. The minimum absolute atomic E-state index is 0.0194. The number of nitrogens with zero attached hydrogens (tertiary/aromatic N) is 1. The van der Waals surface area contributed by atoms with Gasteiger partial charge in [0.25, 0.3) is 0 Å². The van der Waals surface area contributed by atoms with Crippen LogP contribution in [-0.4, -0.2) is 19.0 Å². The van der Waals surface area contributed by atoms with E-state index >= 15 is 0 Å². The summed E-state index contributed by atoms with van der Waals surface area (Å²) >= 11 is 12.2. The van der Waals surface area contributed by atoms with Crippen molar-refractivity contribution >= 4 is 34.8 Å². The van der Waals surface area contributed by atoms with Crippen molar-refractivity contribution in [2.75, 3.05) is 18.0 Å². The summed E-state index contributed by atoms with van der Waals surface area (Å²) < 4.78 is 0. The molecule has 0 aromatic heterocycles. The average Bonchev–Trinajstić information content (AvgIpc) is 2.50. The maximum absolute atomic E-state index is 11.8. The lowest BCUT2D eigenvalue weighted by molar-refractivity contribution is -0.117. The van der Waals surface area contributed by atoms with Crippen LogP contribution in [0.5, 0.6) is 0 Å². The number of rotatable bonds is 1. The van der Waals surface area contributed by atoms with Crippen molar-refractivity contribution in [3.8, 4) is 0 Å². The smallest absolute Gasteiger partial charge is 0.240 e. The Bertz CT molecular complexity index is 486. The lowest BCUT2D eigenvalue weighted by Crippen LogP contribution is -2.37. The molecule has 0 spiro atoms. The molecule has 0 bridgehead atoms. The molecule has 1 heterocycles. The van der Waals surface area contributed by atoms with Crippen molar-refractivity contribution in [2.45, 2.75) is 19.3 Å². The zero-order valence-corrected chi connectivity index (χ0v) is 11.3. The minimum atomic E-state index is -0.158. The molecule has 92 valence electrons. The van der Waals surface area contributed by atoms with Gasteiger partial charge < -0.3 is 10.6 Å². The van der Waals surface area contributed by atoms with Gasteiger partial charge in [0.1, 0.15) is 0 Å². The number of anilines is 1. The van der Waals surface area contributed by atoms with Crippen LogP contribution in [0.3, 0.4) is 0 Å². The summed E-state index contributed by atoms with van der Waals surface area (Å²) in [5, 5.41) is 1.09. The van der Waals surface area contributed by atoms with E-state index in [1.807, 2.05) is 6.07 Å². The van der Waals surface area contributed by atoms with Crippen LogP contribution in [0.1, 0.15) is 19.4 Å². The third-order valence-electron chi connectivity index (χ3n) is 3.06. The van der Waals surface area contributed by atoms with E-state index in [0.717, 1.165) is 11.3 Å². The number of benzene rings is 1. The van der Waals surface area contributed by atoms with E-state index in [1.54, 1.807) is 11.0 Å². The summed E-state index contributed by atoms with van der Waals surface area (Å²) in [5.74, 6) is -0.124. The highest BCUT2D eigenvalue weighted by molar-refractivity contribution is 6.37.